The van der Waals surface area contributed by atoms with Gasteiger partial charge in [0, 0.05) is 12.8 Å². The zero-order valence-corrected chi connectivity index (χ0v) is 21.6. The van der Waals surface area contributed by atoms with Crippen LogP contribution in [-0.2, 0) is 9.59 Å². The Morgan fingerprint density at radius 2 is 1.48 bits per heavy atom. The summed E-state index contributed by atoms with van der Waals surface area (Å²) in [6.07, 6.45) is 10.5. The summed E-state index contributed by atoms with van der Waals surface area (Å²) in [5.41, 5.74) is 3.51. The molecule has 2 rings (SSSR count). The highest BCUT2D eigenvalue weighted by molar-refractivity contribution is 5.67. The van der Waals surface area contributed by atoms with Gasteiger partial charge in [0.25, 0.3) is 0 Å². The predicted octanol–water partition coefficient (Wildman–Crippen LogP) is 7.66. The lowest BCUT2D eigenvalue weighted by Crippen LogP contribution is -2.42. The molecule has 33 heavy (non-hydrogen) atoms. The van der Waals surface area contributed by atoms with Gasteiger partial charge in [0.2, 0.25) is 0 Å². The molecule has 2 aliphatic carbocycles. The first-order valence-electron chi connectivity index (χ1n) is 12.7. The minimum absolute atomic E-state index is 0.0556. The highest BCUT2D eigenvalue weighted by Crippen LogP contribution is 2.56. The zero-order valence-electron chi connectivity index (χ0n) is 21.6. The van der Waals surface area contributed by atoms with E-state index in [1.165, 1.54) is 11.1 Å². The van der Waals surface area contributed by atoms with Crippen molar-refractivity contribution in [2.75, 3.05) is 0 Å². The maximum Gasteiger partial charge on any atom is 0.303 e. The monoisotopic (exact) mass is 458 g/mol. The first-order chi connectivity index (χ1) is 15.3. The van der Waals surface area contributed by atoms with Gasteiger partial charge in [-0.25, -0.2) is 0 Å². The summed E-state index contributed by atoms with van der Waals surface area (Å²) in [6.45, 7) is 19.5. The Labute approximate surface area is 201 Å². The Balaban J connectivity index is 2.31. The molecule has 186 valence electrons. The fraction of sp³-hybridized carbons (Fsp3) is 0.724. The van der Waals surface area contributed by atoms with E-state index in [4.69, 9.17) is 0 Å². The number of rotatable bonds is 11. The summed E-state index contributed by atoms with van der Waals surface area (Å²) in [4.78, 5) is 22.9. The molecule has 0 aliphatic heterocycles. The molecule has 1 saturated carbocycles. The van der Waals surface area contributed by atoms with E-state index in [1.807, 2.05) is 0 Å². The fourth-order valence-corrected chi connectivity index (χ4v) is 7.44. The molecule has 0 spiro atoms. The third-order valence-corrected chi connectivity index (χ3v) is 9.34. The number of hydrogen-bond donors (Lipinski definition) is 2. The van der Waals surface area contributed by atoms with E-state index in [-0.39, 0.29) is 23.7 Å². The quantitative estimate of drug-likeness (QED) is 0.312. The van der Waals surface area contributed by atoms with E-state index in [1.54, 1.807) is 0 Å². The molecule has 0 aromatic heterocycles. The molecule has 0 unspecified atom stereocenters. The lowest BCUT2D eigenvalue weighted by atomic mass is 9.53. The normalized spacial score (nSPS) is 34.4. The average molecular weight is 459 g/mol. The van der Waals surface area contributed by atoms with Gasteiger partial charge in [-0.05, 0) is 100 Å². The van der Waals surface area contributed by atoms with Gasteiger partial charge in [0.1, 0.15) is 0 Å². The lowest BCUT2D eigenvalue weighted by Gasteiger charge is -2.51. The second kappa shape index (κ2) is 11.1. The number of carboxylic acid groups (broad SMARTS) is 2. The van der Waals surface area contributed by atoms with Crippen LogP contribution in [0.1, 0.15) is 98.8 Å². The van der Waals surface area contributed by atoms with E-state index in [9.17, 15) is 19.8 Å². The zero-order chi connectivity index (χ0) is 25.0. The Morgan fingerprint density at radius 3 is 2.00 bits per heavy atom. The van der Waals surface area contributed by atoms with Crippen molar-refractivity contribution in [3.05, 3.63) is 36.0 Å². The fourth-order valence-electron chi connectivity index (χ4n) is 7.44. The van der Waals surface area contributed by atoms with E-state index in [0.717, 1.165) is 44.1 Å². The van der Waals surface area contributed by atoms with E-state index in [0.29, 0.717) is 36.5 Å². The molecule has 2 N–H and O–H groups in total. The van der Waals surface area contributed by atoms with Crippen molar-refractivity contribution in [1.82, 2.24) is 0 Å². The van der Waals surface area contributed by atoms with Crippen LogP contribution in [0.3, 0.4) is 0 Å². The summed E-state index contributed by atoms with van der Waals surface area (Å²) in [5, 5.41) is 18.8. The summed E-state index contributed by atoms with van der Waals surface area (Å²) in [5.74, 6) is -0.0352. The molecule has 0 aromatic rings. The van der Waals surface area contributed by atoms with Gasteiger partial charge < -0.3 is 10.2 Å². The van der Waals surface area contributed by atoms with Crippen LogP contribution in [0.2, 0.25) is 0 Å². The first kappa shape index (κ1) is 27.4. The van der Waals surface area contributed by atoms with Crippen molar-refractivity contribution >= 4 is 11.9 Å². The van der Waals surface area contributed by atoms with Crippen LogP contribution in [0.5, 0.6) is 0 Å². The third-order valence-electron chi connectivity index (χ3n) is 9.34. The van der Waals surface area contributed by atoms with Crippen molar-refractivity contribution < 1.29 is 19.8 Å². The standard InChI is InChI=1S/C29H46O4/c1-19(2)23-10-8-9-22(28(23,6)17-15-26(30)31)12-14-25-21(5)11-13-24(20(3)4)29(25,7)18-16-27(32)33/h11,22-25H,1,3,8-10,12-18H2,2,4-7H3,(H,30,31)(H,32,33)/t22-,23+,24+,25+,28-,29+/m1/s1. The van der Waals surface area contributed by atoms with E-state index in [2.05, 4.69) is 53.9 Å². The minimum atomic E-state index is -0.736. The number of allylic oxidation sites excluding steroid dienone is 4. The van der Waals surface area contributed by atoms with Gasteiger partial charge in [-0.3, -0.25) is 9.59 Å². The second-order valence-corrected chi connectivity index (χ2v) is 11.5. The predicted molar refractivity (Wildman–Crippen MR) is 135 cm³/mol. The van der Waals surface area contributed by atoms with Crippen LogP contribution in [0.15, 0.2) is 36.0 Å². The van der Waals surface area contributed by atoms with Gasteiger partial charge in [-0.1, -0.05) is 56.2 Å². The number of aliphatic carboxylic acids is 2. The molecule has 0 bridgehead atoms. The highest BCUT2D eigenvalue weighted by Gasteiger charge is 2.47. The van der Waals surface area contributed by atoms with Crippen LogP contribution >= 0.6 is 0 Å². The summed E-state index contributed by atoms with van der Waals surface area (Å²) >= 11 is 0. The van der Waals surface area contributed by atoms with Gasteiger partial charge in [-0.2, -0.15) is 0 Å². The van der Waals surface area contributed by atoms with Crippen molar-refractivity contribution in [2.24, 2.45) is 34.5 Å². The smallest absolute Gasteiger partial charge is 0.303 e. The van der Waals surface area contributed by atoms with Crippen LogP contribution in [0.4, 0.5) is 0 Å². The van der Waals surface area contributed by atoms with Crippen molar-refractivity contribution in [3.63, 3.8) is 0 Å². The lowest BCUT2D eigenvalue weighted by molar-refractivity contribution is -0.139. The molecule has 0 saturated heterocycles. The Kier molecular flexibility index (Phi) is 9.18. The molecular formula is C29H46O4. The van der Waals surface area contributed by atoms with Crippen molar-refractivity contribution in [1.29, 1.82) is 0 Å². The number of hydrogen-bond acceptors (Lipinski definition) is 2. The largest absolute Gasteiger partial charge is 0.481 e. The summed E-state index contributed by atoms with van der Waals surface area (Å²) in [7, 11) is 0. The molecule has 0 aromatic carbocycles. The van der Waals surface area contributed by atoms with Crippen molar-refractivity contribution in [2.45, 2.75) is 98.8 Å². The minimum Gasteiger partial charge on any atom is -0.481 e. The topological polar surface area (TPSA) is 74.6 Å². The molecule has 4 heteroatoms. The molecule has 4 nitrogen and oxygen atoms in total. The highest BCUT2D eigenvalue weighted by atomic mass is 16.4. The number of carboxylic acids is 2. The number of carbonyl (C=O) groups is 2. The van der Waals surface area contributed by atoms with E-state index < -0.39 is 11.9 Å². The third kappa shape index (κ3) is 6.19. The van der Waals surface area contributed by atoms with Gasteiger partial charge in [0.05, 0.1) is 0 Å². The van der Waals surface area contributed by atoms with Crippen LogP contribution in [0.25, 0.3) is 0 Å². The molecule has 6 atom stereocenters. The SMILES string of the molecule is C=C(C)[C@@H]1CC=C(C)[C@H](CC[C@H]2CCC[C@@H](C(=C)C)[C@]2(C)CCC(=O)O)[C@@]1(C)CCC(=O)O. The maximum atomic E-state index is 11.5. The Bertz CT molecular complexity index is 793. The molecule has 0 radical (unpaired) electrons. The van der Waals surface area contributed by atoms with Crippen LogP contribution in [0, 0.1) is 34.5 Å². The second-order valence-electron chi connectivity index (χ2n) is 11.5. The van der Waals surface area contributed by atoms with Gasteiger partial charge in [0.15, 0.2) is 0 Å². The van der Waals surface area contributed by atoms with Gasteiger partial charge >= 0.3 is 11.9 Å². The average Bonchev–Trinajstić information content (AvgIpc) is 2.71. The molecule has 2 aliphatic rings. The van der Waals surface area contributed by atoms with Crippen LogP contribution in [-0.4, -0.2) is 22.2 Å². The summed E-state index contributed by atoms with van der Waals surface area (Å²) in [6, 6.07) is 0. The molecule has 0 heterocycles. The first-order valence-corrected chi connectivity index (χ1v) is 12.7. The summed E-state index contributed by atoms with van der Waals surface area (Å²) < 4.78 is 0. The Hall–Kier alpha value is -1.84. The van der Waals surface area contributed by atoms with Crippen LogP contribution < -0.4 is 0 Å². The maximum absolute atomic E-state index is 11.5. The molecular weight excluding hydrogens is 412 g/mol. The van der Waals surface area contributed by atoms with Crippen molar-refractivity contribution in [3.8, 4) is 0 Å². The molecule has 1 fully saturated rings. The van der Waals surface area contributed by atoms with Gasteiger partial charge in [-0.15, -0.1) is 0 Å². The molecule has 0 amide bonds. The van der Waals surface area contributed by atoms with E-state index >= 15 is 0 Å². The Morgan fingerprint density at radius 1 is 0.939 bits per heavy atom.